The fourth-order valence-electron chi connectivity index (χ4n) is 1.17. The molecule has 0 aliphatic carbocycles. The molecule has 1 amide bonds. The molecule has 0 bridgehead atoms. The molecule has 0 unspecified atom stereocenters. The summed E-state index contributed by atoms with van der Waals surface area (Å²) in [5.41, 5.74) is -0.344. The molecule has 4 heteroatoms. The van der Waals surface area contributed by atoms with Crippen LogP contribution in [-0.2, 0) is 4.74 Å². The third-order valence-electron chi connectivity index (χ3n) is 1.98. The third-order valence-corrected chi connectivity index (χ3v) is 1.98. The van der Waals surface area contributed by atoms with Gasteiger partial charge >= 0.3 is 6.09 Å². The van der Waals surface area contributed by atoms with Gasteiger partial charge in [0.1, 0.15) is 5.60 Å². The molecule has 0 spiro atoms. The predicted octanol–water partition coefficient (Wildman–Crippen LogP) is 0.600. The van der Waals surface area contributed by atoms with Crippen molar-refractivity contribution in [3.8, 4) is 0 Å². The molecule has 0 aromatic heterocycles. The van der Waals surface area contributed by atoms with Gasteiger partial charge < -0.3 is 14.7 Å². The topological polar surface area (TPSA) is 49.8 Å². The number of aliphatic hydroxyl groups is 1. The summed E-state index contributed by atoms with van der Waals surface area (Å²) in [6.45, 7) is 4.82. The lowest BCUT2D eigenvalue weighted by Crippen LogP contribution is -2.47. The van der Waals surface area contributed by atoms with Crippen molar-refractivity contribution in [1.29, 1.82) is 0 Å². The predicted molar refractivity (Wildman–Crippen MR) is 43.8 cm³/mol. The van der Waals surface area contributed by atoms with Crippen LogP contribution in [0.2, 0.25) is 0 Å². The smallest absolute Gasteiger partial charge is 0.410 e. The normalized spacial score (nSPS) is 22.2. The van der Waals surface area contributed by atoms with Crippen LogP contribution in [0.3, 0.4) is 0 Å². The van der Waals surface area contributed by atoms with Crippen LogP contribution in [0, 0.1) is 0 Å². The average Bonchev–Trinajstić information content (AvgIpc) is 1.94. The Bertz CT molecular complexity index is 179. The van der Waals surface area contributed by atoms with Gasteiger partial charge in [-0.15, -0.1) is 0 Å². The molecule has 1 aliphatic rings. The van der Waals surface area contributed by atoms with Gasteiger partial charge in [-0.25, -0.2) is 4.79 Å². The Hall–Kier alpha value is -0.770. The van der Waals surface area contributed by atoms with Crippen LogP contribution in [0.5, 0.6) is 0 Å². The van der Waals surface area contributed by atoms with E-state index in [0.717, 1.165) is 6.42 Å². The molecule has 1 heterocycles. The van der Waals surface area contributed by atoms with Crippen molar-refractivity contribution in [1.82, 2.24) is 4.90 Å². The lowest BCUT2D eigenvalue weighted by molar-refractivity contribution is -0.0281. The highest BCUT2D eigenvalue weighted by Crippen LogP contribution is 2.21. The summed E-state index contributed by atoms with van der Waals surface area (Å²) in [5.74, 6) is 0. The van der Waals surface area contributed by atoms with Crippen molar-refractivity contribution in [2.24, 2.45) is 0 Å². The van der Waals surface area contributed by atoms with Crippen LogP contribution >= 0.6 is 0 Å². The van der Waals surface area contributed by atoms with E-state index in [1.54, 1.807) is 0 Å². The molecule has 0 aromatic rings. The zero-order chi connectivity index (χ0) is 9.19. The second kappa shape index (κ2) is 3.31. The Morgan fingerprint density at radius 2 is 2.33 bits per heavy atom. The molecule has 1 fully saturated rings. The molecule has 0 atom stereocenters. The number of hydrogen-bond donors (Lipinski definition) is 1. The molecule has 1 N–H and O–H groups in total. The number of carbonyl (C=O) groups is 1. The fraction of sp³-hybridized carbons (Fsp3) is 0.875. The van der Waals surface area contributed by atoms with Crippen LogP contribution in [0.4, 0.5) is 4.79 Å². The monoisotopic (exact) mass is 173 g/mol. The Morgan fingerprint density at radius 3 is 2.83 bits per heavy atom. The van der Waals surface area contributed by atoms with E-state index in [2.05, 4.69) is 0 Å². The summed E-state index contributed by atoms with van der Waals surface area (Å²) < 4.78 is 5.11. The standard InChI is InChI=1S/C8H15NO3/c1-8(2)3-4-9(5-6-10)7(11)12-8/h10H,3-6H2,1-2H3. The summed E-state index contributed by atoms with van der Waals surface area (Å²) in [7, 11) is 0. The number of amides is 1. The van der Waals surface area contributed by atoms with Crippen LogP contribution in [0.15, 0.2) is 0 Å². The second-order valence-electron chi connectivity index (χ2n) is 3.59. The van der Waals surface area contributed by atoms with Crippen LogP contribution in [0.25, 0.3) is 0 Å². The molecular formula is C8H15NO3. The molecule has 12 heavy (non-hydrogen) atoms. The molecule has 4 nitrogen and oxygen atoms in total. The Labute approximate surface area is 72.1 Å². The van der Waals surface area contributed by atoms with Gasteiger partial charge in [0.15, 0.2) is 0 Å². The summed E-state index contributed by atoms with van der Waals surface area (Å²) >= 11 is 0. The maximum atomic E-state index is 11.2. The van der Waals surface area contributed by atoms with E-state index in [1.165, 1.54) is 4.90 Å². The minimum Gasteiger partial charge on any atom is -0.443 e. The minimum atomic E-state index is -0.344. The summed E-state index contributed by atoms with van der Waals surface area (Å²) in [6, 6.07) is 0. The molecule has 0 aromatic carbocycles. The van der Waals surface area contributed by atoms with Gasteiger partial charge in [-0.05, 0) is 13.8 Å². The molecule has 0 radical (unpaired) electrons. The number of cyclic esters (lactones) is 1. The first-order chi connectivity index (χ1) is 5.55. The van der Waals surface area contributed by atoms with Crippen molar-refractivity contribution in [2.75, 3.05) is 19.7 Å². The van der Waals surface area contributed by atoms with Gasteiger partial charge in [-0.3, -0.25) is 0 Å². The zero-order valence-electron chi connectivity index (χ0n) is 7.54. The molecule has 1 rings (SSSR count). The van der Waals surface area contributed by atoms with Gasteiger partial charge in [-0.2, -0.15) is 0 Å². The van der Waals surface area contributed by atoms with Crippen LogP contribution < -0.4 is 0 Å². The Morgan fingerprint density at radius 1 is 1.67 bits per heavy atom. The minimum absolute atomic E-state index is 0.00444. The number of carbonyl (C=O) groups excluding carboxylic acids is 1. The van der Waals surface area contributed by atoms with Gasteiger partial charge in [-0.1, -0.05) is 0 Å². The van der Waals surface area contributed by atoms with Crippen molar-refractivity contribution >= 4 is 6.09 Å². The highest BCUT2D eigenvalue weighted by atomic mass is 16.6. The number of hydrogen-bond acceptors (Lipinski definition) is 3. The van der Waals surface area contributed by atoms with Crippen LogP contribution in [-0.4, -0.2) is 41.4 Å². The average molecular weight is 173 g/mol. The van der Waals surface area contributed by atoms with Crippen molar-refractivity contribution in [3.63, 3.8) is 0 Å². The molecule has 1 saturated heterocycles. The highest BCUT2D eigenvalue weighted by molar-refractivity contribution is 5.68. The maximum Gasteiger partial charge on any atom is 0.410 e. The van der Waals surface area contributed by atoms with E-state index in [4.69, 9.17) is 9.84 Å². The lowest BCUT2D eigenvalue weighted by Gasteiger charge is -2.36. The van der Waals surface area contributed by atoms with E-state index in [1.807, 2.05) is 13.8 Å². The number of nitrogens with zero attached hydrogens (tertiary/aromatic N) is 1. The fourth-order valence-corrected chi connectivity index (χ4v) is 1.17. The summed E-state index contributed by atoms with van der Waals surface area (Å²) in [4.78, 5) is 12.7. The first kappa shape index (κ1) is 9.32. The molecule has 1 aliphatic heterocycles. The van der Waals surface area contributed by atoms with Gasteiger partial charge in [0, 0.05) is 19.5 Å². The van der Waals surface area contributed by atoms with Gasteiger partial charge in [0.2, 0.25) is 0 Å². The quantitative estimate of drug-likeness (QED) is 0.665. The van der Waals surface area contributed by atoms with Crippen LogP contribution in [0.1, 0.15) is 20.3 Å². The number of ether oxygens (including phenoxy) is 1. The highest BCUT2D eigenvalue weighted by Gasteiger charge is 2.31. The zero-order valence-corrected chi connectivity index (χ0v) is 7.54. The second-order valence-corrected chi connectivity index (χ2v) is 3.59. The van der Waals surface area contributed by atoms with Gasteiger partial charge in [0.25, 0.3) is 0 Å². The van der Waals surface area contributed by atoms with E-state index < -0.39 is 0 Å². The van der Waals surface area contributed by atoms with Crippen molar-refractivity contribution in [3.05, 3.63) is 0 Å². The van der Waals surface area contributed by atoms with E-state index in [0.29, 0.717) is 13.1 Å². The summed E-state index contributed by atoms with van der Waals surface area (Å²) in [5, 5.41) is 8.62. The van der Waals surface area contributed by atoms with Crippen molar-refractivity contribution < 1.29 is 14.6 Å². The molecular weight excluding hydrogens is 158 g/mol. The lowest BCUT2D eigenvalue weighted by atomic mass is 10.0. The van der Waals surface area contributed by atoms with Gasteiger partial charge in [0.05, 0.1) is 6.61 Å². The number of rotatable bonds is 2. The largest absolute Gasteiger partial charge is 0.443 e. The SMILES string of the molecule is CC1(C)CCN(CCO)C(=O)O1. The van der Waals surface area contributed by atoms with E-state index >= 15 is 0 Å². The first-order valence-electron chi connectivity index (χ1n) is 4.14. The first-order valence-corrected chi connectivity index (χ1v) is 4.14. The number of aliphatic hydroxyl groups excluding tert-OH is 1. The van der Waals surface area contributed by atoms with E-state index in [9.17, 15) is 4.79 Å². The van der Waals surface area contributed by atoms with E-state index in [-0.39, 0.29) is 18.3 Å². The molecule has 70 valence electrons. The van der Waals surface area contributed by atoms with Crippen molar-refractivity contribution in [2.45, 2.75) is 25.9 Å². The Balaban J connectivity index is 2.48. The molecule has 0 saturated carbocycles. The summed E-state index contributed by atoms with van der Waals surface area (Å²) in [6.07, 6.45) is 0.499. The number of β-amino-alcohol motifs (C(OH)–C–C–N with tert-alkyl or cyclic N) is 1. The third kappa shape index (κ3) is 2.11. The Kier molecular flexibility index (Phi) is 2.57. The maximum absolute atomic E-state index is 11.2.